The molecule has 17 nitrogen and oxygen atoms in total. The topological polar surface area (TPSA) is 237 Å². The van der Waals surface area contributed by atoms with Gasteiger partial charge >= 0.3 is 39.5 Å². The van der Waals surface area contributed by atoms with Gasteiger partial charge in [0, 0.05) is 25.7 Å². The standard InChI is InChI=1S/C76H148O17P2/c1-7-9-11-13-15-16-17-18-19-20-21-22-23-24-25-26-27-30-36-42-48-54-60-75(80)93-72(65-87-74(79)59-53-47-41-35-31-28-29-33-39-44-50-56-68(3)4)67-91-95(84,85)89-63-70(77)62-88-94(82,83)90-66-71(64-86-73(78)58-52-46-38-14-12-10-8-2)92-76(81)61-55-49-43-37-32-34-40-45-51-57-69(5)6/h68-72,77H,7-67H2,1-6H3,(H,82,83)(H,84,85)/t70-,71+,72+/m0/s1. The second kappa shape index (κ2) is 67.9. The minimum absolute atomic E-state index is 0.105. The largest absolute Gasteiger partial charge is 0.472 e. The molecule has 0 spiro atoms. The summed E-state index contributed by atoms with van der Waals surface area (Å²) in [5, 5.41) is 10.6. The average Bonchev–Trinajstić information content (AvgIpc) is 1.34. The van der Waals surface area contributed by atoms with Crippen LogP contribution in [0, 0.1) is 11.8 Å². The number of unbranched alkanes of at least 4 members (excludes halogenated alkanes) is 45. The molecule has 564 valence electrons. The third kappa shape index (κ3) is 70.3. The summed E-state index contributed by atoms with van der Waals surface area (Å²) < 4.78 is 68.4. The summed E-state index contributed by atoms with van der Waals surface area (Å²) in [4.78, 5) is 72.6. The van der Waals surface area contributed by atoms with Gasteiger partial charge in [-0.3, -0.25) is 37.3 Å². The monoisotopic (exact) mass is 1400 g/mol. The van der Waals surface area contributed by atoms with Crippen LogP contribution in [0.5, 0.6) is 0 Å². The quantitative estimate of drug-likeness (QED) is 0.0222. The molecule has 3 N–H and O–H groups in total. The molecule has 0 aliphatic heterocycles. The highest BCUT2D eigenvalue weighted by molar-refractivity contribution is 7.47. The summed E-state index contributed by atoms with van der Waals surface area (Å²) in [6, 6.07) is 0. The minimum atomic E-state index is -4.96. The summed E-state index contributed by atoms with van der Waals surface area (Å²) in [5.74, 6) is -0.615. The van der Waals surface area contributed by atoms with Gasteiger partial charge in [-0.25, -0.2) is 9.13 Å². The van der Waals surface area contributed by atoms with Crippen LogP contribution in [0.25, 0.3) is 0 Å². The van der Waals surface area contributed by atoms with Gasteiger partial charge in [-0.15, -0.1) is 0 Å². The number of hydrogen-bond donors (Lipinski definition) is 3. The smallest absolute Gasteiger partial charge is 0.462 e. The maximum absolute atomic E-state index is 13.1. The Bertz CT molecular complexity index is 1840. The highest BCUT2D eigenvalue weighted by atomic mass is 31.2. The third-order valence-corrected chi connectivity index (χ3v) is 19.6. The molecule has 2 unspecified atom stereocenters. The van der Waals surface area contributed by atoms with Crippen LogP contribution < -0.4 is 0 Å². The Kier molecular flexibility index (Phi) is 66.5. The predicted molar refractivity (Wildman–Crippen MR) is 386 cm³/mol. The number of phosphoric acid groups is 2. The van der Waals surface area contributed by atoms with Crippen LogP contribution in [0.2, 0.25) is 0 Å². The van der Waals surface area contributed by atoms with Gasteiger partial charge in [-0.05, 0) is 37.5 Å². The zero-order valence-electron chi connectivity index (χ0n) is 62.0. The first-order valence-corrected chi connectivity index (χ1v) is 42.5. The molecular formula is C76H148O17P2. The van der Waals surface area contributed by atoms with E-state index in [1.807, 2.05) is 0 Å². The zero-order chi connectivity index (χ0) is 70.0. The van der Waals surface area contributed by atoms with Crippen LogP contribution in [-0.2, 0) is 65.4 Å². The van der Waals surface area contributed by atoms with Crippen LogP contribution in [0.4, 0.5) is 0 Å². The van der Waals surface area contributed by atoms with E-state index in [-0.39, 0.29) is 25.7 Å². The maximum Gasteiger partial charge on any atom is 0.472 e. The molecule has 0 fully saturated rings. The maximum atomic E-state index is 13.1. The molecular weight excluding hydrogens is 1250 g/mol. The number of ether oxygens (including phenoxy) is 4. The molecule has 0 aromatic rings. The Morgan fingerprint density at radius 3 is 0.716 bits per heavy atom. The Balaban J connectivity index is 5.15. The lowest BCUT2D eigenvalue weighted by Crippen LogP contribution is -2.30. The van der Waals surface area contributed by atoms with Crippen molar-refractivity contribution in [2.24, 2.45) is 11.8 Å². The van der Waals surface area contributed by atoms with Gasteiger partial charge in [0.15, 0.2) is 12.2 Å². The SMILES string of the molecule is CCCCCCCCCCCCCCCCCCCCCCCCC(=O)O[C@H](COC(=O)CCCCCCCCCCCCCC(C)C)COP(=O)(O)OC[C@@H](O)COP(=O)(O)OC[C@@H](COC(=O)CCCCCCCCC)OC(=O)CCCCCCCCCCCC(C)C. The van der Waals surface area contributed by atoms with E-state index in [0.29, 0.717) is 25.7 Å². The fourth-order valence-corrected chi connectivity index (χ4v) is 13.2. The summed E-state index contributed by atoms with van der Waals surface area (Å²) in [7, 11) is -9.90. The van der Waals surface area contributed by atoms with Crippen LogP contribution >= 0.6 is 15.6 Å². The lowest BCUT2D eigenvalue weighted by Gasteiger charge is -2.21. The molecule has 0 aliphatic rings. The van der Waals surface area contributed by atoms with Crippen molar-refractivity contribution in [3.8, 4) is 0 Å². The van der Waals surface area contributed by atoms with Gasteiger partial charge < -0.3 is 33.8 Å². The normalized spacial score (nSPS) is 14.0. The van der Waals surface area contributed by atoms with Crippen molar-refractivity contribution < 1.29 is 80.2 Å². The number of carbonyl (C=O) groups is 4. The lowest BCUT2D eigenvalue weighted by atomic mass is 10.0. The van der Waals surface area contributed by atoms with Gasteiger partial charge in [-0.2, -0.15) is 0 Å². The van der Waals surface area contributed by atoms with Gasteiger partial charge in [0.25, 0.3) is 0 Å². The highest BCUT2D eigenvalue weighted by Gasteiger charge is 2.30. The first-order chi connectivity index (χ1) is 45.9. The highest BCUT2D eigenvalue weighted by Crippen LogP contribution is 2.45. The number of rotatable bonds is 75. The number of esters is 4. The molecule has 0 aromatic heterocycles. The molecule has 0 bridgehead atoms. The lowest BCUT2D eigenvalue weighted by molar-refractivity contribution is -0.161. The van der Waals surface area contributed by atoms with Crippen molar-refractivity contribution in [2.45, 2.75) is 413 Å². The summed E-state index contributed by atoms with van der Waals surface area (Å²) in [6.45, 7) is 9.52. The van der Waals surface area contributed by atoms with E-state index in [1.165, 1.54) is 199 Å². The van der Waals surface area contributed by atoms with Crippen molar-refractivity contribution in [2.75, 3.05) is 39.6 Å². The van der Waals surface area contributed by atoms with E-state index in [2.05, 4.69) is 41.5 Å². The number of carbonyl (C=O) groups excluding carboxylic acids is 4. The Hall–Kier alpha value is -1.94. The molecule has 0 rings (SSSR count). The molecule has 0 saturated carbocycles. The van der Waals surface area contributed by atoms with Crippen molar-refractivity contribution >= 4 is 39.5 Å². The molecule has 95 heavy (non-hydrogen) atoms. The van der Waals surface area contributed by atoms with Crippen molar-refractivity contribution in [1.82, 2.24) is 0 Å². The number of aliphatic hydroxyl groups excluding tert-OH is 1. The van der Waals surface area contributed by atoms with E-state index in [0.717, 1.165) is 115 Å². The van der Waals surface area contributed by atoms with Crippen LogP contribution in [0.3, 0.4) is 0 Å². The molecule has 0 aliphatic carbocycles. The van der Waals surface area contributed by atoms with E-state index in [1.54, 1.807) is 0 Å². The minimum Gasteiger partial charge on any atom is -0.462 e. The molecule has 19 heteroatoms. The van der Waals surface area contributed by atoms with Crippen molar-refractivity contribution in [3.63, 3.8) is 0 Å². The third-order valence-electron chi connectivity index (χ3n) is 17.7. The van der Waals surface area contributed by atoms with E-state index < -0.39 is 97.5 Å². The van der Waals surface area contributed by atoms with Gasteiger partial charge in [0.1, 0.15) is 19.3 Å². The Labute approximate surface area is 581 Å². The molecule has 0 amide bonds. The summed E-state index contributed by atoms with van der Waals surface area (Å²) in [6.07, 6.45) is 55.8. The first kappa shape index (κ1) is 93.1. The van der Waals surface area contributed by atoms with Gasteiger partial charge in [0.05, 0.1) is 26.4 Å². The van der Waals surface area contributed by atoms with Crippen LogP contribution in [0.1, 0.15) is 395 Å². The van der Waals surface area contributed by atoms with Crippen LogP contribution in [-0.4, -0.2) is 96.7 Å². The number of aliphatic hydroxyl groups is 1. The molecule has 0 aromatic carbocycles. The zero-order valence-corrected chi connectivity index (χ0v) is 63.8. The van der Waals surface area contributed by atoms with E-state index >= 15 is 0 Å². The molecule has 0 radical (unpaired) electrons. The summed E-state index contributed by atoms with van der Waals surface area (Å²) in [5.41, 5.74) is 0. The second-order valence-corrected chi connectivity index (χ2v) is 31.3. The molecule has 0 heterocycles. The van der Waals surface area contributed by atoms with E-state index in [9.17, 15) is 43.2 Å². The fourth-order valence-electron chi connectivity index (χ4n) is 11.7. The van der Waals surface area contributed by atoms with E-state index in [4.69, 9.17) is 37.0 Å². The first-order valence-electron chi connectivity index (χ1n) is 39.5. The Morgan fingerprint density at radius 2 is 0.484 bits per heavy atom. The second-order valence-electron chi connectivity index (χ2n) is 28.3. The number of phosphoric ester groups is 2. The average molecular weight is 1400 g/mol. The van der Waals surface area contributed by atoms with Crippen LogP contribution in [0.15, 0.2) is 0 Å². The van der Waals surface area contributed by atoms with Crippen molar-refractivity contribution in [1.29, 1.82) is 0 Å². The van der Waals surface area contributed by atoms with Crippen molar-refractivity contribution in [3.05, 3.63) is 0 Å². The number of hydrogen-bond acceptors (Lipinski definition) is 15. The Morgan fingerprint density at radius 1 is 0.284 bits per heavy atom. The predicted octanol–water partition coefficient (Wildman–Crippen LogP) is 22.3. The van der Waals surface area contributed by atoms with Gasteiger partial charge in [0.2, 0.25) is 0 Å². The molecule has 0 saturated heterocycles. The summed E-state index contributed by atoms with van der Waals surface area (Å²) >= 11 is 0. The van der Waals surface area contributed by atoms with Gasteiger partial charge in [-0.1, -0.05) is 343 Å². The molecule has 5 atom stereocenters. The fraction of sp³-hybridized carbons (Fsp3) is 0.947.